The van der Waals surface area contributed by atoms with Gasteiger partial charge in [-0.2, -0.15) is 0 Å². The van der Waals surface area contributed by atoms with Crippen LogP contribution < -0.4 is 5.32 Å². The third kappa shape index (κ3) is 3.83. The highest BCUT2D eigenvalue weighted by Crippen LogP contribution is 2.36. The lowest BCUT2D eigenvalue weighted by molar-refractivity contribution is -0.171. The molecule has 2 atom stereocenters. The maximum atomic E-state index is 11.4. The van der Waals surface area contributed by atoms with Gasteiger partial charge in [0, 0.05) is 13.2 Å². The molecule has 4 nitrogen and oxygen atoms in total. The molecule has 0 radical (unpaired) electrons. The highest BCUT2D eigenvalue weighted by atomic mass is 35.5. The van der Waals surface area contributed by atoms with E-state index in [0.29, 0.717) is 25.5 Å². The second-order valence-corrected chi connectivity index (χ2v) is 5.63. The summed E-state index contributed by atoms with van der Waals surface area (Å²) in [5, 5.41) is 12.5. The summed E-state index contributed by atoms with van der Waals surface area (Å²) >= 11 is 0. The summed E-state index contributed by atoms with van der Waals surface area (Å²) in [4.78, 5) is 11.4. The van der Waals surface area contributed by atoms with Crippen molar-refractivity contribution < 1.29 is 14.6 Å². The first-order chi connectivity index (χ1) is 7.32. The second kappa shape index (κ2) is 6.03. The smallest absolute Gasteiger partial charge is 0.337 e. The first-order valence-corrected chi connectivity index (χ1v) is 5.90. The molecule has 1 aliphatic rings. The number of piperidine rings is 1. The number of carboxylic acids is 1. The highest BCUT2D eigenvalue weighted by molar-refractivity contribution is 5.85. The van der Waals surface area contributed by atoms with Crippen molar-refractivity contribution in [2.75, 3.05) is 19.7 Å². The van der Waals surface area contributed by atoms with Gasteiger partial charge in [-0.1, -0.05) is 20.8 Å². The summed E-state index contributed by atoms with van der Waals surface area (Å²) < 4.78 is 5.50. The first kappa shape index (κ1) is 16.7. The molecule has 0 saturated carbocycles. The quantitative estimate of drug-likeness (QED) is 0.819. The largest absolute Gasteiger partial charge is 0.479 e. The van der Waals surface area contributed by atoms with Gasteiger partial charge in [0.2, 0.25) is 0 Å². The lowest BCUT2D eigenvalue weighted by atomic mass is 9.72. The summed E-state index contributed by atoms with van der Waals surface area (Å²) in [7, 11) is 0. The van der Waals surface area contributed by atoms with Crippen molar-refractivity contribution in [3.63, 3.8) is 0 Å². The van der Waals surface area contributed by atoms with E-state index in [9.17, 15) is 9.90 Å². The highest BCUT2D eigenvalue weighted by Gasteiger charge is 2.46. The Labute approximate surface area is 110 Å². The number of rotatable bonds is 3. The van der Waals surface area contributed by atoms with Crippen LogP contribution in [-0.2, 0) is 9.53 Å². The number of aliphatic carboxylic acids is 1. The van der Waals surface area contributed by atoms with E-state index in [0.717, 1.165) is 6.54 Å². The van der Waals surface area contributed by atoms with Crippen LogP contribution in [0.5, 0.6) is 0 Å². The zero-order chi connectivity index (χ0) is 12.4. The van der Waals surface area contributed by atoms with Crippen molar-refractivity contribution >= 4 is 18.4 Å². The predicted octanol–water partition coefficient (Wildman–Crippen LogP) is 1.92. The van der Waals surface area contributed by atoms with Gasteiger partial charge in [-0.05, 0) is 31.2 Å². The van der Waals surface area contributed by atoms with Crippen LogP contribution in [0.3, 0.4) is 0 Å². The molecule has 0 aromatic carbocycles. The Morgan fingerprint density at radius 3 is 2.53 bits per heavy atom. The topological polar surface area (TPSA) is 58.6 Å². The normalized spacial score (nSPS) is 29.5. The fraction of sp³-hybridized carbons (Fsp3) is 0.917. The van der Waals surface area contributed by atoms with Gasteiger partial charge in [0.25, 0.3) is 0 Å². The summed E-state index contributed by atoms with van der Waals surface area (Å²) in [6.45, 7) is 9.97. The van der Waals surface area contributed by atoms with Gasteiger partial charge in [-0.3, -0.25) is 0 Å². The zero-order valence-corrected chi connectivity index (χ0v) is 11.9. The summed E-state index contributed by atoms with van der Waals surface area (Å²) in [6.07, 6.45) is 0.590. The van der Waals surface area contributed by atoms with Crippen molar-refractivity contribution in [1.29, 1.82) is 0 Å². The van der Waals surface area contributed by atoms with E-state index in [1.165, 1.54) is 0 Å². The van der Waals surface area contributed by atoms with Crippen LogP contribution in [0.2, 0.25) is 0 Å². The number of nitrogens with one attached hydrogen (secondary N) is 1. The molecule has 0 bridgehead atoms. The average molecular weight is 266 g/mol. The van der Waals surface area contributed by atoms with E-state index in [4.69, 9.17) is 4.74 Å². The van der Waals surface area contributed by atoms with E-state index < -0.39 is 11.6 Å². The van der Waals surface area contributed by atoms with Gasteiger partial charge in [0.1, 0.15) is 0 Å². The van der Waals surface area contributed by atoms with Crippen molar-refractivity contribution in [3.05, 3.63) is 0 Å². The van der Waals surface area contributed by atoms with Crippen LogP contribution in [-0.4, -0.2) is 36.4 Å². The molecule has 102 valence electrons. The molecule has 2 N–H and O–H groups in total. The maximum absolute atomic E-state index is 11.4. The SMILES string of the molecule is CCO[C@]1(C(=O)O)CNC[C@H](C(C)(C)C)C1.Cl. The van der Waals surface area contributed by atoms with Gasteiger partial charge in [0.05, 0.1) is 0 Å². The fourth-order valence-corrected chi connectivity index (χ4v) is 2.21. The lowest BCUT2D eigenvalue weighted by Crippen LogP contribution is -2.58. The Bertz CT molecular complexity index is 261. The minimum atomic E-state index is -1.04. The number of halogens is 1. The molecule has 1 fully saturated rings. The molecule has 1 rings (SSSR count). The van der Waals surface area contributed by atoms with Gasteiger partial charge in [0.15, 0.2) is 5.60 Å². The van der Waals surface area contributed by atoms with Crippen LogP contribution in [0.4, 0.5) is 0 Å². The molecule has 1 saturated heterocycles. The molecule has 1 aliphatic heterocycles. The number of hydrogen-bond acceptors (Lipinski definition) is 3. The molecular weight excluding hydrogens is 242 g/mol. The van der Waals surface area contributed by atoms with E-state index in [-0.39, 0.29) is 17.8 Å². The van der Waals surface area contributed by atoms with E-state index >= 15 is 0 Å². The van der Waals surface area contributed by atoms with E-state index in [1.54, 1.807) is 0 Å². The molecule has 5 heteroatoms. The Balaban J connectivity index is 0.00000256. The summed E-state index contributed by atoms with van der Waals surface area (Å²) in [6, 6.07) is 0. The lowest BCUT2D eigenvalue weighted by Gasteiger charge is -2.42. The first-order valence-electron chi connectivity index (χ1n) is 5.90. The molecule has 0 aliphatic carbocycles. The third-order valence-corrected chi connectivity index (χ3v) is 3.41. The van der Waals surface area contributed by atoms with Crippen molar-refractivity contribution in [2.24, 2.45) is 11.3 Å². The molecular formula is C12H24ClNO3. The predicted molar refractivity (Wildman–Crippen MR) is 69.7 cm³/mol. The third-order valence-electron chi connectivity index (χ3n) is 3.41. The number of ether oxygens (including phenoxy) is 1. The van der Waals surface area contributed by atoms with Crippen molar-refractivity contribution in [2.45, 2.75) is 39.7 Å². The van der Waals surface area contributed by atoms with Gasteiger partial charge < -0.3 is 15.2 Å². The van der Waals surface area contributed by atoms with Crippen LogP contribution in [0.25, 0.3) is 0 Å². The van der Waals surface area contributed by atoms with E-state index in [2.05, 4.69) is 26.1 Å². The average Bonchev–Trinajstić information content (AvgIpc) is 2.17. The standard InChI is InChI=1S/C12H23NO3.ClH/c1-5-16-12(10(14)15)6-9(7-13-8-12)11(2,3)4;/h9,13H,5-8H2,1-4H3,(H,14,15);1H/t9-,12+;/m1./s1. The van der Waals surface area contributed by atoms with Crippen molar-refractivity contribution in [3.8, 4) is 0 Å². The molecule has 0 amide bonds. The minimum absolute atomic E-state index is 0. The molecule has 0 aromatic heterocycles. The Hall–Kier alpha value is -0.320. The molecule has 0 unspecified atom stereocenters. The molecule has 17 heavy (non-hydrogen) atoms. The summed E-state index contributed by atoms with van der Waals surface area (Å²) in [5.41, 5.74) is -0.934. The molecule has 0 spiro atoms. The maximum Gasteiger partial charge on any atom is 0.337 e. The van der Waals surface area contributed by atoms with Gasteiger partial charge in [-0.25, -0.2) is 4.79 Å². The van der Waals surface area contributed by atoms with Crippen molar-refractivity contribution in [1.82, 2.24) is 5.32 Å². The van der Waals surface area contributed by atoms with Gasteiger partial charge >= 0.3 is 5.97 Å². The Morgan fingerprint density at radius 2 is 2.12 bits per heavy atom. The van der Waals surface area contributed by atoms with E-state index in [1.807, 2.05) is 6.92 Å². The molecule has 1 heterocycles. The van der Waals surface area contributed by atoms with Crippen LogP contribution in [0, 0.1) is 11.3 Å². The van der Waals surface area contributed by atoms with Crippen LogP contribution in [0.15, 0.2) is 0 Å². The van der Waals surface area contributed by atoms with Crippen LogP contribution in [0.1, 0.15) is 34.1 Å². The number of carboxylic acid groups (broad SMARTS) is 1. The minimum Gasteiger partial charge on any atom is -0.479 e. The van der Waals surface area contributed by atoms with Crippen LogP contribution >= 0.6 is 12.4 Å². The number of carbonyl (C=O) groups is 1. The Kier molecular flexibility index (Phi) is 5.91. The molecule has 0 aromatic rings. The fourth-order valence-electron chi connectivity index (χ4n) is 2.21. The summed E-state index contributed by atoms with van der Waals surface area (Å²) in [5.74, 6) is -0.528. The second-order valence-electron chi connectivity index (χ2n) is 5.63. The number of hydrogen-bond donors (Lipinski definition) is 2. The zero-order valence-electron chi connectivity index (χ0n) is 11.1. The Morgan fingerprint density at radius 1 is 1.53 bits per heavy atom. The van der Waals surface area contributed by atoms with Gasteiger partial charge in [-0.15, -0.1) is 12.4 Å². The monoisotopic (exact) mass is 265 g/mol.